The van der Waals surface area contributed by atoms with Gasteiger partial charge in [-0.3, -0.25) is 0 Å². The predicted octanol–water partition coefficient (Wildman–Crippen LogP) is 2.62. The number of benzene rings is 2. The third-order valence-corrected chi connectivity index (χ3v) is 4.34. The Hall–Kier alpha value is -2.16. The second-order valence-corrected chi connectivity index (χ2v) is 5.97. The van der Waals surface area contributed by atoms with Crippen molar-refractivity contribution in [2.45, 2.75) is 17.4 Å². The number of sulfonamides is 1. The van der Waals surface area contributed by atoms with Crippen LogP contribution in [0, 0.1) is 11.3 Å². The zero-order chi connectivity index (χ0) is 14.4. The maximum atomic E-state index is 12.3. The third kappa shape index (κ3) is 3.44. The van der Waals surface area contributed by atoms with Gasteiger partial charge in [-0.2, -0.15) is 5.26 Å². The molecule has 0 aromatic heterocycles. The van der Waals surface area contributed by atoms with Crippen LogP contribution in [0.15, 0.2) is 65.6 Å². The van der Waals surface area contributed by atoms with Crippen molar-refractivity contribution in [2.75, 3.05) is 0 Å². The second kappa shape index (κ2) is 6.33. The summed E-state index contributed by atoms with van der Waals surface area (Å²) in [5.41, 5.74) is 0.772. The predicted molar refractivity (Wildman–Crippen MR) is 76.2 cm³/mol. The number of nitriles is 1. The van der Waals surface area contributed by atoms with Crippen molar-refractivity contribution in [1.29, 1.82) is 5.26 Å². The fourth-order valence-electron chi connectivity index (χ4n) is 1.86. The van der Waals surface area contributed by atoms with E-state index in [2.05, 4.69) is 4.72 Å². The van der Waals surface area contributed by atoms with E-state index in [4.69, 9.17) is 5.26 Å². The molecule has 1 N–H and O–H groups in total. The Morgan fingerprint density at radius 3 is 2.10 bits per heavy atom. The van der Waals surface area contributed by atoms with Crippen LogP contribution in [0.3, 0.4) is 0 Å². The minimum absolute atomic E-state index is 0.0794. The summed E-state index contributed by atoms with van der Waals surface area (Å²) < 4.78 is 27.1. The normalized spacial score (nSPS) is 12.6. The van der Waals surface area contributed by atoms with Gasteiger partial charge in [-0.25, -0.2) is 13.1 Å². The summed E-state index contributed by atoms with van der Waals surface area (Å²) in [4.78, 5) is 0.193. The van der Waals surface area contributed by atoms with Gasteiger partial charge in [0.2, 0.25) is 10.0 Å². The van der Waals surface area contributed by atoms with Gasteiger partial charge < -0.3 is 0 Å². The molecule has 0 aliphatic rings. The van der Waals surface area contributed by atoms with Gasteiger partial charge >= 0.3 is 0 Å². The minimum atomic E-state index is -3.63. The molecule has 0 amide bonds. The summed E-state index contributed by atoms with van der Waals surface area (Å²) in [6.45, 7) is 0. The van der Waals surface area contributed by atoms with E-state index in [0.29, 0.717) is 0 Å². The van der Waals surface area contributed by atoms with E-state index in [9.17, 15) is 8.42 Å². The standard InChI is InChI=1S/C15H14N2O2S/c16-12-11-15(13-7-3-1-4-8-13)17-20(18,19)14-9-5-2-6-10-14/h1-10,15,17H,11H2/t15-/m0/s1. The lowest BCUT2D eigenvalue weighted by molar-refractivity contribution is 0.559. The van der Waals surface area contributed by atoms with E-state index < -0.39 is 16.1 Å². The molecule has 102 valence electrons. The van der Waals surface area contributed by atoms with E-state index in [1.165, 1.54) is 12.1 Å². The Morgan fingerprint density at radius 2 is 1.55 bits per heavy atom. The molecular formula is C15H14N2O2S. The van der Waals surface area contributed by atoms with Crippen LogP contribution in [0.4, 0.5) is 0 Å². The van der Waals surface area contributed by atoms with Crippen molar-refractivity contribution in [1.82, 2.24) is 4.72 Å². The van der Waals surface area contributed by atoms with Crippen LogP contribution in [0.5, 0.6) is 0 Å². The molecule has 5 heteroatoms. The van der Waals surface area contributed by atoms with E-state index >= 15 is 0 Å². The van der Waals surface area contributed by atoms with Gasteiger partial charge in [0.1, 0.15) is 0 Å². The molecule has 0 saturated carbocycles. The average molecular weight is 286 g/mol. The SMILES string of the molecule is N#CC[C@H](NS(=O)(=O)c1ccccc1)c1ccccc1. The monoisotopic (exact) mass is 286 g/mol. The average Bonchev–Trinajstić information content (AvgIpc) is 2.48. The fourth-order valence-corrected chi connectivity index (χ4v) is 3.10. The molecule has 0 aliphatic carbocycles. The summed E-state index contributed by atoms with van der Waals surface area (Å²) in [7, 11) is -3.63. The number of nitrogens with one attached hydrogen (secondary N) is 1. The Morgan fingerprint density at radius 1 is 1.00 bits per heavy atom. The number of hydrogen-bond acceptors (Lipinski definition) is 3. The first kappa shape index (κ1) is 14.3. The number of hydrogen-bond donors (Lipinski definition) is 1. The Bertz CT molecular complexity index is 692. The highest BCUT2D eigenvalue weighted by Gasteiger charge is 2.20. The van der Waals surface area contributed by atoms with Crippen LogP contribution >= 0.6 is 0 Å². The highest BCUT2D eigenvalue weighted by atomic mass is 32.2. The summed E-state index contributed by atoms with van der Waals surface area (Å²) in [5, 5.41) is 8.88. The van der Waals surface area contributed by atoms with Gasteiger partial charge in [-0.1, -0.05) is 48.5 Å². The maximum absolute atomic E-state index is 12.3. The fraction of sp³-hybridized carbons (Fsp3) is 0.133. The van der Waals surface area contributed by atoms with Gasteiger partial charge in [0.05, 0.1) is 23.4 Å². The number of nitrogens with zero attached hydrogens (tertiary/aromatic N) is 1. The second-order valence-electron chi connectivity index (χ2n) is 4.26. The van der Waals surface area contributed by atoms with Gasteiger partial charge in [0.15, 0.2) is 0 Å². The Kier molecular flexibility index (Phi) is 4.51. The Balaban J connectivity index is 2.28. The molecule has 0 saturated heterocycles. The molecular weight excluding hydrogens is 272 g/mol. The number of rotatable bonds is 5. The lowest BCUT2D eigenvalue weighted by Gasteiger charge is -2.16. The zero-order valence-corrected chi connectivity index (χ0v) is 11.5. The van der Waals surface area contributed by atoms with E-state index in [0.717, 1.165) is 5.56 Å². The topological polar surface area (TPSA) is 70.0 Å². The maximum Gasteiger partial charge on any atom is 0.241 e. The molecule has 2 aromatic carbocycles. The largest absolute Gasteiger partial charge is 0.241 e. The molecule has 0 bridgehead atoms. The van der Waals surface area contributed by atoms with Crippen molar-refractivity contribution in [3.05, 3.63) is 66.2 Å². The first-order valence-corrected chi connectivity index (χ1v) is 7.61. The molecule has 1 atom stereocenters. The molecule has 0 heterocycles. The zero-order valence-electron chi connectivity index (χ0n) is 10.7. The van der Waals surface area contributed by atoms with Crippen molar-refractivity contribution in [3.8, 4) is 6.07 Å². The van der Waals surface area contributed by atoms with Crippen LogP contribution in [0.1, 0.15) is 18.0 Å². The van der Waals surface area contributed by atoms with Crippen LogP contribution in [0.25, 0.3) is 0 Å². The molecule has 4 nitrogen and oxygen atoms in total. The summed E-state index contributed by atoms with van der Waals surface area (Å²) in [5.74, 6) is 0. The van der Waals surface area contributed by atoms with Gasteiger partial charge in [-0.15, -0.1) is 0 Å². The smallest absolute Gasteiger partial charge is 0.207 e. The van der Waals surface area contributed by atoms with Crippen LogP contribution < -0.4 is 4.72 Å². The highest BCUT2D eigenvalue weighted by molar-refractivity contribution is 7.89. The molecule has 0 spiro atoms. The van der Waals surface area contributed by atoms with Crippen molar-refractivity contribution < 1.29 is 8.42 Å². The molecule has 0 unspecified atom stereocenters. The van der Waals surface area contributed by atoms with E-state index in [-0.39, 0.29) is 11.3 Å². The molecule has 0 aliphatic heterocycles. The van der Waals surface area contributed by atoms with Crippen molar-refractivity contribution >= 4 is 10.0 Å². The Labute approximate surface area is 118 Å². The van der Waals surface area contributed by atoms with E-state index in [1.807, 2.05) is 24.3 Å². The van der Waals surface area contributed by atoms with Gasteiger partial charge in [0.25, 0.3) is 0 Å². The summed E-state index contributed by atoms with van der Waals surface area (Å²) in [6.07, 6.45) is 0.0794. The highest BCUT2D eigenvalue weighted by Crippen LogP contribution is 2.19. The van der Waals surface area contributed by atoms with Crippen LogP contribution in [0.2, 0.25) is 0 Å². The van der Waals surface area contributed by atoms with Crippen molar-refractivity contribution in [2.24, 2.45) is 0 Å². The lowest BCUT2D eigenvalue weighted by atomic mass is 10.1. The third-order valence-electron chi connectivity index (χ3n) is 2.85. The molecule has 0 fully saturated rings. The minimum Gasteiger partial charge on any atom is -0.207 e. The van der Waals surface area contributed by atoms with Crippen LogP contribution in [-0.2, 0) is 10.0 Å². The first-order chi connectivity index (χ1) is 9.63. The van der Waals surface area contributed by atoms with E-state index in [1.54, 1.807) is 30.3 Å². The van der Waals surface area contributed by atoms with Gasteiger partial charge in [0, 0.05) is 0 Å². The van der Waals surface area contributed by atoms with Crippen LogP contribution in [-0.4, -0.2) is 8.42 Å². The molecule has 0 radical (unpaired) electrons. The first-order valence-electron chi connectivity index (χ1n) is 6.13. The molecule has 2 rings (SSSR count). The molecule has 2 aromatic rings. The quantitative estimate of drug-likeness (QED) is 0.918. The summed E-state index contributed by atoms with van der Waals surface area (Å²) in [6, 6.07) is 18.7. The van der Waals surface area contributed by atoms with Gasteiger partial charge in [-0.05, 0) is 17.7 Å². The molecule has 20 heavy (non-hydrogen) atoms. The van der Waals surface area contributed by atoms with Crippen molar-refractivity contribution in [3.63, 3.8) is 0 Å². The lowest BCUT2D eigenvalue weighted by Crippen LogP contribution is -2.28. The summed E-state index contributed by atoms with van der Waals surface area (Å²) >= 11 is 0.